The van der Waals surface area contributed by atoms with Crippen LogP contribution in [0.1, 0.15) is 24.8 Å². The Morgan fingerprint density at radius 2 is 2.05 bits per heavy atom. The molecule has 1 aliphatic carbocycles. The van der Waals surface area contributed by atoms with E-state index in [1.165, 1.54) is 5.56 Å². The molecule has 2 heterocycles. The third kappa shape index (κ3) is 1.34. The van der Waals surface area contributed by atoms with Gasteiger partial charge >= 0.3 is 5.97 Å². The Labute approximate surface area is 112 Å². The van der Waals surface area contributed by atoms with Crippen molar-refractivity contribution in [1.82, 2.24) is 0 Å². The second kappa shape index (κ2) is 3.70. The van der Waals surface area contributed by atoms with E-state index < -0.39 is 0 Å². The van der Waals surface area contributed by atoms with Gasteiger partial charge in [0.2, 0.25) is 0 Å². The fraction of sp³-hybridized carbons (Fsp3) is 0.438. The summed E-state index contributed by atoms with van der Waals surface area (Å²) in [5, 5.41) is 0. The van der Waals surface area contributed by atoms with Gasteiger partial charge in [-0.1, -0.05) is 30.3 Å². The van der Waals surface area contributed by atoms with Crippen molar-refractivity contribution in [2.75, 3.05) is 6.61 Å². The molecule has 0 unspecified atom stereocenters. The number of rotatable bonds is 1. The molecule has 0 bridgehead atoms. The van der Waals surface area contributed by atoms with Crippen molar-refractivity contribution in [2.45, 2.75) is 24.9 Å². The topological polar surface area (TPSA) is 35.5 Å². The predicted molar refractivity (Wildman–Crippen MR) is 69.3 cm³/mol. The van der Waals surface area contributed by atoms with Crippen molar-refractivity contribution >= 4 is 5.97 Å². The lowest BCUT2D eigenvalue weighted by atomic mass is 9.51. The fourth-order valence-corrected chi connectivity index (χ4v) is 4.11. The summed E-state index contributed by atoms with van der Waals surface area (Å²) in [5.41, 5.74) is 0.837. The van der Waals surface area contributed by atoms with E-state index >= 15 is 0 Å². The van der Waals surface area contributed by atoms with Crippen LogP contribution in [0.15, 0.2) is 42.2 Å². The number of carbonyl (C=O) groups is 1. The molecule has 1 saturated heterocycles. The van der Waals surface area contributed by atoms with Gasteiger partial charge in [0.1, 0.15) is 11.4 Å². The molecule has 0 amide bonds. The Kier molecular flexibility index (Phi) is 2.19. The van der Waals surface area contributed by atoms with E-state index in [0.29, 0.717) is 11.7 Å². The minimum atomic E-state index is -0.389. The summed E-state index contributed by atoms with van der Waals surface area (Å²) >= 11 is 0. The lowest BCUT2D eigenvalue weighted by molar-refractivity contribution is -0.182. The van der Waals surface area contributed by atoms with E-state index in [0.717, 1.165) is 13.0 Å². The summed E-state index contributed by atoms with van der Waals surface area (Å²) in [5.74, 6) is 1.01. The smallest absolute Gasteiger partial charge is 0.317 e. The molecule has 3 nitrogen and oxygen atoms in total. The van der Waals surface area contributed by atoms with Gasteiger partial charge in [0.05, 0.1) is 5.92 Å². The largest absolute Gasteiger partial charge is 0.431 e. The number of hydrogen-bond acceptors (Lipinski definition) is 3. The van der Waals surface area contributed by atoms with Gasteiger partial charge in [-0.25, -0.2) is 0 Å². The van der Waals surface area contributed by atoms with Crippen molar-refractivity contribution in [3.8, 4) is 0 Å². The monoisotopic (exact) mass is 256 g/mol. The van der Waals surface area contributed by atoms with Gasteiger partial charge in [0, 0.05) is 18.4 Å². The molecule has 2 fully saturated rings. The number of allylic oxidation sites excluding steroid dienone is 1. The first kappa shape index (κ1) is 11.2. The summed E-state index contributed by atoms with van der Waals surface area (Å²) in [6.07, 6.45) is 3.04. The summed E-state index contributed by atoms with van der Waals surface area (Å²) < 4.78 is 11.3. The van der Waals surface area contributed by atoms with E-state index in [4.69, 9.17) is 9.47 Å². The molecular formula is C16H16O3. The van der Waals surface area contributed by atoms with Crippen LogP contribution >= 0.6 is 0 Å². The molecule has 98 valence electrons. The Balaban J connectivity index is 1.79. The van der Waals surface area contributed by atoms with E-state index in [-0.39, 0.29) is 23.4 Å². The molecule has 0 aromatic heterocycles. The molecule has 4 rings (SSSR count). The average Bonchev–Trinajstić information content (AvgIpc) is 2.69. The van der Waals surface area contributed by atoms with E-state index in [2.05, 4.69) is 12.1 Å². The Morgan fingerprint density at radius 1 is 1.26 bits per heavy atom. The first-order valence-electron chi connectivity index (χ1n) is 6.82. The molecule has 1 aromatic carbocycles. The maximum absolute atomic E-state index is 12.2. The Hall–Kier alpha value is -1.61. The predicted octanol–water partition coefficient (Wildman–Crippen LogP) is 2.64. The fourth-order valence-electron chi connectivity index (χ4n) is 4.11. The molecule has 1 spiro atoms. The Morgan fingerprint density at radius 3 is 2.84 bits per heavy atom. The van der Waals surface area contributed by atoms with Gasteiger partial charge < -0.3 is 9.47 Å². The Bertz CT molecular complexity index is 563. The molecule has 1 saturated carbocycles. The minimum absolute atomic E-state index is 0.132. The summed E-state index contributed by atoms with van der Waals surface area (Å²) in [7, 11) is 0. The number of hydrogen-bond donors (Lipinski definition) is 0. The molecule has 0 N–H and O–H groups in total. The van der Waals surface area contributed by atoms with Crippen LogP contribution in [0.5, 0.6) is 0 Å². The highest BCUT2D eigenvalue weighted by Gasteiger charge is 2.69. The van der Waals surface area contributed by atoms with E-state index in [1.54, 1.807) is 0 Å². The average molecular weight is 256 g/mol. The highest BCUT2D eigenvalue weighted by Crippen LogP contribution is 2.63. The second-order valence-electron chi connectivity index (χ2n) is 5.69. The quantitative estimate of drug-likeness (QED) is 0.725. The van der Waals surface area contributed by atoms with E-state index in [9.17, 15) is 4.79 Å². The SMILES string of the molecule is CC1=C[C@]23OCC[C@H]2[C@@H](c2ccccc2)[C@@H]3C(=O)O1. The molecule has 1 aromatic rings. The number of benzene rings is 1. The number of ether oxygens (including phenoxy) is 2. The van der Waals surface area contributed by atoms with Gasteiger partial charge in [-0.2, -0.15) is 0 Å². The van der Waals surface area contributed by atoms with Crippen LogP contribution in [0.4, 0.5) is 0 Å². The number of cyclic esters (lactones) is 1. The van der Waals surface area contributed by atoms with Crippen LogP contribution in [0.25, 0.3) is 0 Å². The maximum Gasteiger partial charge on any atom is 0.317 e. The third-order valence-corrected chi connectivity index (χ3v) is 4.77. The van der Waals surface area contributed by atoms with Crippen molar-refractivity contribution in [3.63, 3.8) is 0 Å². The van der Waals surface area contributed by atoms with Crippen LogP contribution in [-0.2, 0) is 14.3 Å². The molecular weight excluding hydrogens is 240 g/mol. The van der Waals surface area contributed by atoms with Crippen molar-refractivity contribution < 1.29 is 14.3 Å². The highest BCUT2D eigenvalue weighted by molar-refractivity contribution is 5.81. The lowest BCUT2D eigenvalue weighted by Crippen LogP contribution is -2.63. The van der Waals surface area contributed by atoms with Gasteiger partial charge in [0.15, 0.2) is 0 Å². The van der Waals surface area contributed by atoms with Gasteiger partial charge in [-0.3, -0.25) is 4.79 Å². The molecule has 19 heavy (non-hydrogen) atoms. The van der Waals surface area contributed by atoms with Crippen LogP contribution in [0.2, 0.25) is 0 Å². The van der Waals surface area contributed by atoms with Gasteiger partial charge in [-0.15, -0.1) is 0 Å². The van der Waals surface area contributed by atoms with Crippen molar-refractivity contribution in [3.05, 3.63) is 47.7 Å². The summed E-state index contributed by atoms with van der Waals surface area (Å²) in [6.45, 7) is 2.57. The van der Waals surface area contributed by atoms with Crippen LogP contribution in [0.3, 0.4) is 0 Å². The van der Waals surface area contributed by atoms with Crippen molar-refractivity contribution in [2.24, 2.45) is 11.8 Å². The summed E-state index contributed by atoms with van der Waals surface area (Å²) in [4.78, 5) is 12.2. The molecule has 0 radical (unpaired) electrons. The maximum atomic E-state index is 12.2. The standard InChI is InChI=1S/C16H16O3/c1-10-9-16-12(7-8-18-16)13(14(16)15(17)19-10)11-5-3-2-4-6-11/h2-6,9,12-14H,7-8H2,1H3/t12-,13+,14+,16-/m0/s1. The molecule has 3 aliphatic rings. The highest BCUT2D eigenvalue weighted by atomic mass is 16.6. The number of esters is 1. The van der Waals surface area contributed by atoms with Crippen molar-refractivity contribution in [1.29, 1.82) is 0 Å². The zero-order chi connectivity index (χ0) is 13.0. The molecule has 2 aliphatic heterocycles. The summed E-state index contributed by atoms with van der Waals surface area (Å²) in [6, 6.07) is 10.3. The zero-order valence-corrected chi connectivity index (χ0v) is 10.8. The van der Waals surface area contributed by atoms with Crippen LogP contribution in [0, 0.1) is 11.8 Å². The zero-order valence-electron chi connectivity index (χ0n) is 10.8. The third-order valence-electron chi connectivity index (χ3n) is 4.77. The van der Waals surface area contributed by atoms with E-state index in [1.807, 2.05) is 31.2 Å². The molecule has 3 heteroatoms. The second-order valence-corrected chi connectivity index (χ2v) is 5.69. The first-order valence-corrected chi connectivity index (χ1v) is 6.82. The molecule has 4 atom stereocenters. The van der Waals surface area contributed by atoms with Crippen LogP contribution in [-0.4, -0.2) is 18.2 Å². The van der Waals surface area contributed by atoms with Gasteiger partial charge in [0.25, 0.3) is 0 Å². The van der Waals surface area contributed by atoms with Gasteiger partial charge in [-0.05, 0) is 25.0 Å². The normalized spacial score (nSPS) is 39.7. The number of carbonyl (C=O) groups excluding carboxylic acids is 1. The first-order chi connectivity index (χ1) is 9.22. The van der Waals surface area contributed by atoms with Crippen LogP contribution < -0.4 is 0 Å². The lowest BCUT2D eigenvalue weighted by Gasteiger charge is -2.56. The minimum Gasteiger partial charge on any atom is -0.431 e.